The molecule has 0 aliphatic carbocycles. The van der Waals surface area contributed by atoms with Gasteiger partial charge < -0.3 is 4.74 Å². The number of ether oxygens (including phenoxy) is 1. The number of hydrogen-bond donors (Lipinski definition) is 0. The molecule has 1 heterocycles. The van der Waals surface area contributed by atoms with E-state index >= 15 is 0 Å². The fraction of sp³-hybridized carbons (Fsp3) is 0.636. The highest BCUT2D eigenvalue weighted by atomic mass is 127. The Morgan fingerprint density at radius 2 is 2.06 bits per heavy atom. The number of rotatable bonds is 2. The summed E-state index contributed by atoms with van der Waals surface area (Å²) < 4.78 is 6.12. The molecule has 0 saturated carbocycles. The third-order valence-electron chi connectivity index (χ3n) is 2.50. The van der Waals surface area contributed by atoms with Crippen molar-refractivity contribution in [2.75, 3.05) is 9.04 Å². The van der Waals surface area contributed by atoms with Crippen molar-refractivity contribution in [3.63, 3.8) is 0 Å². The second-order valence-electron chi connectivity index (χ2n) is 3.67. The van der Waals surface area contributed by atoms with Gasteiger partial charge in [0, 0.05) is 5.57 Å². The second-order valence-corrected chi connectivity index (χ2v) is 8.12. The maximum atomic E-state index is 11.3. The monoisotopic (exact) mass is 450 g/mol. The van der Waals surface area contributed by atoms with E-state index in [2.05, 4.69) is 45.2 Å². The van der Waals surface area contributed by atoms with Gasteiger partial charge in [-0.25, -0.2) is 0 Å². The van der Waals surface area contributed by atoms with Crippen molar-refractivity contribution >= 4 is 56.9 Å². The number of hydrogen-bond acceptors (Lipinski definition) is 3. The molecule has 92 valence electrons. The van der Waals surface area contributed by atoms with Crippen molar-refractivity contribution in [3.05, 3.63) is 11.6 Å². The van der Waals surface area contributed by atoms with E-state index in [1.54, 1.807) is 13.0 Å². The molecule has 0 aromatic carbocycles. The van der Waals surface area contributed by atoms with E-state index in [0.717, 1.165) is 0 Å². The Morgan fingerprint density at radius 1 is 1.56 bits per heavy atom. The quantitative estimate of drug-likeness (QED) is 0.369. The molecule has 1 aliphatic rings. The number of alkyl halides is 2. The Kier molecular flexibility index (Phi) is 7.79. The van der Waals surface area contributed by atoms with Crippen LogP contribution in [0.3, 0.4) is 0 Å². The molecular weight excluding hydrogens is 434 g/mol. The van der Waals surface area contributed by atoms with Gasteiger partial charge in [-0.3, -0.25) is 9.59 Å². The average molecular weight is 450 g/mol. The van der Waals surface area contributed by atoms with Crippen LogP contribution in [0, 0.1) is 5.41 Å². The number of cyclic esters (lactones) is 1. The van der Waals surface area contributed by atoms with Crippen molar-refractivity contribution in [1.82, 2.24) is 0 Å². The Bertz CT molecular complexity index is 300. The standard InChI is InChI=1S/C10H14O3.CH2I2/c1-4-10(3)5-8(7(2)11)6-13-9(10)12;2-1-3/h5H,4,6H2,1-3H3;1H2. The first-order chi connectivity index (χ1) is 7.41. The fourth-order valence-electron chi connectivity index (χ4n) is 1.24. The van der Waals surface area contributed by atoms with Gasteiger partial charge in [-0.2, -0.15) is 0 Å². The molecule has 1 rings (SSSR count). The summed E-state index contributed by atoms with van der Waals surface area (Å²) in [4.78, 5) is 22.4. The number of ketones is 1. The molecule has 0 saturated heterocycles. The predicted octanol–water partition coefficient (Wildman–Crippen LogP) is 3.29. The molecule has 0 fully saturated rings. The fourth-order valence-corrected chi connectivity index (χ4v) is 1.24. The summed E-state index contributed by atoms with van der Waals surface area (Å²) in [5.41, 5.74) is -0.0110. The summed E-state index contributed by atoms with van der Waals surface area (Å²) >= 11 is 4.55. The van der Waals surface area contributed by atoms with Crippen LogP contribution in [-0.2, 0) is 14.3 Å². The lowest BCUT2D eigenvalue weighted by molar-refractivity contribution is -0.153. The van der Waals surface area contributed by atoms with Crippen LogP contribution in [0.25, 0.3) is 0 Å². The zero-order valence-corrected chi connectivity index (χ0v) is 14.0. The van der Waals surface area contributed by atoms with Gasteiger partial charge in [0.05, 0.1) is 7.85 Å². The van der Waals surface area contributed by atoms with Crippen LogP contribution in [0.5, 0.6) is 0 Å². The van der Waals surface area contributed by atoms with E-state index in [0.29, 0.717) is 12.0 Å². The maximum absolute atomic E-state index is 11.3. The van der Waals surface area contributed by atoms with Gasteiger partial charge in [-0.05, 0) is 20.3 Å². The summed E-state index contributed by atoms with van der Waals surface area (Å²) in [6.07, 6.45) is 2.39. The summed E-state index contributed by atoms with van der Waals surface area (Å²) in [5.74, 6) is -0.257. The third-order valence-corrected chi connectivity index (χ3v) is 2.50. The molecule has 0 amide bonds. The molecular formula is C11H16I2O3. The molecule has 1 unspecified atom stereocenters. The number of carbonyl (C=O) groups excluding carboxylic acids is 2. The molecule has 0 N–H and O–H groups in total. The predicted molar refractivity (Wildman–Crippen MR) is 81.0 cm³/mol. The van der Waals surface area contributed by atoms with Gasteiger partial charge in [0.25, 0.3) is 0 Å². The molecule has 0 radical (unpaired) electrons. The van der Waals surface area contributed by atoms with Crippen molar-refractivity contribution in [2.24, 2.45) is 5.41 Å². The summed E-state index contributed by atoms with van der Waals surface area (Å²) in [6.45, 7) is 5.31. The molecule has 3 nitrogen and oxygen atoms in total. The lowest BCUT2D eigenvalue weighted by Crippen LogP contribution is -2.33. The average Bonchev–Trinajstić information content (AvgIpc) is 2.23. The number of carbonyl (C=O) groups is 2. The van der Waals surface area contributed by atoms with Gasteiger partial charge in [0.2, 0.25) is 0 Å². The first-order valence-electron chi connectivity index (χ1n) is 4.93. The molecule has 16 heavy (non-hydrogen) atoms. The first kappa shape index (κ1) is 16.3. The number of esters is 1. The van der Waals surface area contributed by atoms with Crippen LogP contribution in [0.15, 0.2) is 11.6 Å². The van der Waals surface area contributed by atoms with Crippen molar-refractivity contribution in [2.45, 2.75) is 27.2 Å². The number of halogens is 2. The highest BCUT2D eigenvalue weighted by Gasteiger charge is 2.35. The zero-order valence-electron chi connectivity index (χ0n) is 9.68. The second kappa shape index (κ2) is 7.62. The number of Topliss-reactive ketones (excluding diaryl/α,β-unsaturated/α-hetero) is 1. The third kappa shape index (κ3) is 4.68. The molecule has 0 aromatic rings. The Hall–Kier alpha value is 0.340. The Labute approximate surface area is 124 Å². The lowest BCUT2D eigenvalue weighted by atomic mass is 9.83. The van der Waals surface area contributed by atoms with Crippen LogP contribution >= 0.6 is 45.2 Å². The van der Waals surface area contributed by atoms with Crippen molar-refractivity contribution in [3.8, 4) is 0 Å². The molecule has 0 spiro atoms. The molecule has 1 atom stereocenters. The van der Waals surface area contributed by atoms with Crippen molar-refractivity contribution in [1.29, 1.82) is 0 Å². The highest BCUT2D eigenvalue weighted by molar-refractivity contribution is 14.2. The highest BCUT2D eigenvalue weighted by Crippen LogP contribution is 2.30. The topological polar surface area (TPSA) is 43.4 Å². The first-order valence-corrected chi connectivity index (χ1v) is 7.98. The minimum absolute atomic E-state index is 0.0211. The van der Waals surface area contributed by atoms with Gasteiger partial charge in [0.15, 0.2) is 5.78 Å². The molecule has 0 aromatic heterocycles. The molecule has 0 bridgehead atoms. The maximum Gasteiger partial charge on any atom is 0.315 e. The van der Waals surface area contributed by atoms with E-state index in [1.807, 2.05) is 6.92 Å². The van der Waals surface area contributed by atoms with Crippen LogP contribution in [0.2, 0.25) is 0 Å². The van der Waals surface area contributed by atoms with Crippen LogP contribution in [0.1, 0.15) is 27.2 Å². The zero-order chi connectivity index (χ0) is 12.8. The molecule has 1 aliphatic heterocycles. The Balaban J connectivity index is 0.000000673. The van der Waals surface area contributed by atoms with Crippen LogP contribution in [0.4, 0.5) is 0 Å². The van der Waals surface area contributed by atoms with E-state index in [-0.39, 0.29) is 18.4 Å². The van der Waals surface area contributed by atoms with E-state index < -0.39 is 5.41 Å². The van der Waals surface area contributed by atoms with E-state index in [9.17, 15) is 9.59 Å². The Morgan fingerprint density at radius 3 is 2.44 bits per heavy atom. The summed E-state index contributed by atoms with van der Waals surface area (Å²) in [6, 6.07) is 0. The van der Waals surface area contributed by atoms with Gasteiger partial charge in [-0.15, -0.1) is 0 Å². The molecule has 5 heteroatoms. The summed E-state index contributed by atoms with van der Waals surface area (Å²) in [5, 5.41) is 0. The largest absolute Gasteiger partial charge is 0.460 e. The minimum Gasteiger partial charge on any atom is -0.460 e. The van der Waals surface area contributed by atoms with Gasteiger partial charge in [-0.1, -0.05) is 58.2 Å². The lowest BCUT2D eigenvalue weighted by Gasteiger charge is -2.27. The van der Waals surface area contributed by atoms with Crippen LogP contribution < -0.4 is 0 Å². The normalized spacial score (nSPS) is 23.8. The van der Waals surface area contributed by atoms with E-state index in [4.69, 9.17) is 4.74 Å². The van der Waals surface area contributed by atoms with Gasteiger partial charge in [0.1, 0.15) is 6.61 Å². The van der Waals surface area contributed by atoms with E-state index in [1.165, 1.54) is 9.36 Å². The minimum atomic E-state index is -0.612. The SMILES string of the molecule is CCC1(C)C=C(C(C)=O)COC1=O.ICI. The smallest absolute Gasteiger partial charge is 0.315 e. The van der Waals surface area contributed by atoms with Crippen molar-refractivity contribution < 1.29 is 14.3 Å². The van der Waals surface area contributed by atoms with Crippen LogP contribution in [-0.4, -0.2) is 20.8 Å². The van der Waals surface area contributed by atoms with Gasteiger partial charge >= 0.3 is 5.97 Å². The summed E-state index contributed by atoms with van der Waals surface area (Å²) in [7, 11) is 0.